The highest BCUT2D eigenvalue weighted by Crippen LogP contribution is 2.33. The molecule has 1 aliphatic heterocycles. The third kappa shape index (κ3) is 3.52. The number of hydrogen-bond donors (Lipinski definition) is 1. The first-order valence-electron chi connectivity index (χ1n) is 6.93. The van der Waals surface area contributed by atoms with Gasteiger partial charge in [0.1, 0.15) is 0 Å². The molecule has 1 saturated heterocycles. The topological polar surface area (TPSA) is 23.5 Å². The van der Waals surface area contributed by atoms with Crippen LogP contribution in [0.25, 0.3) is 0 Å². The molecule has 2 rings (SSSR count). The molecule has 2 nitrogen and oxygen atoms in total. The molecule has 0 saturated carbocycles. The second kappa shape index (κ2) is 6.14. The van der Waals surface area contributed by atoms with Crippen molar-refractivity contribution in [2.45, 2.75) is 38.1 Å². The Labute approximate surface area is 117 Å². The molecule has 2 atom stereocenters. The lowest BCUT2D eigenvalue weighted by Crippen LogP contribution is -2.43. The summed E-state index contributed by atoms with van der Waals surface area (Å²) in [5.41, 5.74) is 1.17. The number of piperidine rings is 1. The monoisotopic (exact) mass is 287 g/mol. The van der Waals surface area contributed by atoms with Crippen LogP contribution in [0.5, 0.6) is 0 Å². The highest BCUT2D eigenvalue weighted by molar-refractivity contribution is 5.18. The van der Waals surface area contributed by atoms with E-state index in [1.54, 1.807) is 0 Å². The fraction of sp³-hybridized carbons (Fsp3) is 0.600. The molecule has 1 aromatic carbocycles. The van der Waals surface area contributed by atoms with Gasteiger partial charge in [-0.2, -0.15) is 13.2 Å². The quantitative estimate of drug-likeness (QED) is 0.921. The summed E-state index contributed by atoms with van der Waals surface area (Å²) in [6, 6.07) is 10.1. The number of halogens is 3. The van der Waals surface area contributed by atoms with Crippen molar-refractivity contribution < 1.29 is 18.3 Å². The van der Waals surface area contributed by atoms with Crippen molar-refractivity contribution in [3.8, 4) is 0 Å². The van der Waals surface area contributed by atoms with E-state index < -0.39 is 18.2 Å². The Morgan fingerprint density at radius 2 is 1.70 bits per heavy atom. The zero-order valence-electron chi connectivity index (χ0n) is 11.5. The van der Waals surface area contributed by atoms with Crippen molar-refractivity contribution in [1.82, 2.24) is 4.90 Å². The van der Waals surface area contributed by atoms with Crippen molar-refractivity contribution >= 4 is 0 Å². The third-order valence-corrected chi connectivity index (χ3v) is 4.19. The van der Waals surface area contributed by atoms with Crippen LogP contribution in [0.3, 0.4) is 0 Å². The lowest BCUT2D eigenvalue weighted by molar-refractivity contribution is -0.223. The van der Waals surface area contributed by atoms with Gasteiger partial charge in [0.2, 0.25) is 0 Å². The van der Waals surface area contributed by atoms with Crippen LogP contribution in [-0.2, 0) is 0 Å². The van der Waals surface area contributed by atoms with Crippen LogP contribution >= 0.6 is 0 Å². The maximum atomic E-state index is 12.5. The average Bonchev–Trinajstić information content (AvgIpc) is 2.46. The largest absolute Gasteiger partial charge is 0.414 e. The number of likely N-dealkylation sites (tertiary alicyclic amines) is 1. The predicted octanol–water partition coefficient (Wildman–Crippen LogP) is 3.38. The van der Waals surface area contributed by atoms with Gasteiger partial charge in [-0.3, -0.25) is 4.90 Å². The molecule has 1 aliphatic rings. The lowest BCUT2D eigenvalue weighted by atomic mass is 9.89. The Kier molecular flexibility index (Phi) is 4.70. The molecule has 1 aromatic rings. The standard InChI is InChI=1S/C15H20F3NO/c1-11(12-5-3-2-4-6-12)19-9-7-13(8-10-19)14(20)15(16,17)18/h2-6,11,13-14,20H,7-10H2,1H3. The van der Waals surface area contributed by atoms with Crippen LogP contribution in [0.4, 0.5) is 13.2 Å². The highest BCUT2D eigenvalue weighted by Gasteiger charge is 2.44. The molecule has 0 amide bonds. The normalized spacial score (nSPS) is 21.6. The van der Waals surface area contributed by atoms with Crippen LogP contribution in [-0.4, -0.2) is 35.4 Å². The molecule has 112 valence electrons. The number of benzene rings is 1. The van der Waals surface area contributed by atoms with E-state index in [-0.39, 0.29) is 6.04 Å². The Hall–Kier alpha value is -1.07. The van der Waals surface area contributed by atoms with Gasteiger partial charge >= 0.3 is 6.18 Å². The first-order chi connectivity index (χ1) is 9.39. The molecule has 0 spiro atoms. The van der Waals surface area contributed by atoms with Crippen molar-refractivity contribution in [2.24, 2.45) is 5.92 Å². The molecular weight excluding hydrogens is 267 g/mol. The number of alkyl halides is 3. The number of aliphatic hydroxyl groups is 1. The molecule has 1 N–H and O–H groups in total. The predicted molar refractivity (Wildman–Crippen MR) is 71.2 cm³/mol. The van der Waals surface area contributed by atoms with E-state index >= 15 is 0 Å². The Bertz CT molecular complexity index is 413. The minimum atomic E-state index is -4.50. The second-order valence-electron chi connectivity index (χ2n) is 5.45. The number of nitrogens with zero attached hydrogens (tertiary/aromatic N) is 1. The van der Waals surface area contributed by atoms with Crippen molar-refractivity contribution in [2.75, 3.05) is 13.1 Å². The smallest absolute Gasteiger partial charge is 0.383 e. The number of hydrogen-bond acceptors (Lipinski definition) is 2. The van der Waals surface area contributed by atoms with Crippen molar-refractivity contribution in [3.05, 3.63) is 35.9 Å². The van der Waals surface area contributed by atoms with Gasteiger partial charge in [0.15, 0.2) is 6.10 Å². The summed E-state index contributed by atoms with van der Waals surface area (Å²) in [6.07, 6.45) is -5.91. The van der Waals surface area contributed by atoms with Gasteiger partial charge in [-0.05, 0) is 44.3 Å². The van der Waals surface area contributed by atoms with Crippen LogP contribution in [0.1, 0.15) is 31.4 Å². The fourth-order valence-electron chi connectivity index (χ4n) is 2.83. The van der Waals surface area contributed by atoms with Gasteiger partial charge in [0.25, 0.3) is 0 Å². The summed E-state index contributed by atoms with van der Waals surface area (Å²) in [6.45, 7) is 3.25. The Balaban J connectivity index is 1.92. The van der Waals surface area contributed by atoms with Gasteiger partial charge in [-0.25, -0.2) is 0 Å². The second-order valence-corrected chi connectivity index (χ2v) is 5.45. The molecule has 5 heteroatoms. The summed E-state index contributed by atoms with van der Waals surface area (Å²) in [5, 5.41) is 9.31. The van der Waals surface area contributed by atoms with E-state index in [4.69, 9.17) is 0 Å². The fourth-order valence-corrected chi connectivity index (χ4v) is 2.83. The molecule has 1 heterocycles. The summed E-state index contributed by atoms with van der Waals surface area (Å²) in [4.78, 5) is 2.18. The number of rotatable bonds is 3. The summed E-state index contributed by atoms with van der Waals surface area (Å²) in [7, 11) is 0. The Morgan fingerprint density at radius 1 is 1.15 bits per heavy atom. The van der Waals surface area contributed by atoms with E-state index in [0.29, 0.717) is 25.9 Å². The van der Waals surface area contributed by atoms with Crippen LogP contribution < -0.4 is 0 Å². The van der Waals surface area contributed by atoms with Crippen LogP contribution in [0, 0.1) is 5.92 Å². The van der Waals surface area contributed by atoms with Gasteiger partial charge < -0.3 is 5.11 Å². The van der Waals surface area contributed by atoms with Gasteiger partial charge in [-0.15, -0.1) is 0 Å². The molecular formula is C15H20F3NO. The molecule has 20 heavy (non-hydrogen) atoms. The molecule has 0 aromatic heterocycles. The summed E-state index contributed by atoms with van der Waals surface area (Å²) in [5.74, 6) is -0.672. The van der Waals surface area contributed by atoms with Gasteiger partial charge in [0.05, 0.1) is 0 Å². The summed E-state index contributed by atoms with van der Waals surface area (Å²) >= 11 is 0. The average molecular weight is 287 g/mol. The van der Waals surface area contributed by atoms with Gasteiger partial charge in [-0.1, -0.05) is 30.3 Å². The van der Waals surface area contributed by atoms with E-state index in [1.165, 1.54) is 5.56 Å². The first kappa shape index (κ1) is 15.3. The van der Waals surface area contributed by atoms with E-state index in [0.717, 1.165) is 0 Å². The Morgan fingerprint density at radius 3 is 2.20 bits per heavy atom. The summed E-state index contributed by atoms with van der Waals surface area (Å²) < 4.78 is 37.5. The number of aliphatic hydroxyl groups excluding tert-OH is 1. The SMILES string of the molecule is CC(c1ccccc1)N1CCC(C(O)C(F)(F)F)CC1. The zero-order valence-corrected chi connectivity index (χ0v) is 11.5. The molecule has 0 aliphatic carbocycles. The van der Waals surface area contributed by atoms with Crippen molar-refractivity contribution in [1.29, 1.82) is 0 Å². The first-order valence-corrected chi connectivity index (χ1v) is 6.93. The maximum absolute atomic E-state index is 12.5. The van der Waals surface area contributed by atoms with E-state index in [1.807, 2.05) is 30.3 Å². The van der Waals surface area contributed by atoms with Crippen molar-refractivity contribution in [3.63, 3.8) is 0 Å². The van der Waals surface area contributed by atoms with Crippen LogP contribution in [0.2, 0.25) is 0 Å². The zero-order chi connectivity index (χ0) is 14.8. The molecule has 1 fully saturated rings. The minimum Gasteiger partial charge on any atom is -0.383 e. The lowest BCUT2D eigenvalue weighted by Gasteiger charge is -2.38. The molecule has 0 bridgehead atoms. The highest BCUT2D eigenvalue weighted by atomic mass is 19.4. The van der Waals surface area contributed by atoms with Gasteiger partial charge in [0, 0.05) is 6.04 Å². The van der Waals surface area contributed by atoms with E-state index in [9.17, 15) is 18.3 Å². The maximum Gasteiger partial charge on any atom is 0.414 e. The molecule has 0 radical (unpaired) electrons. The minimum absolute atomic E-state index is 0.195. The van der Waals surface area contributed by atoms with E-state index in [2.05, 4.69) is 11.8 Å². The molecule has 2 unspecified atom stereocenters. The third-order valence-electron chi connectivity index (χ3n) is 4.19. The van der Waals surface area contributed by atoms with Crippen LogP contribution in [0.15, 0.2) is 30.3 Å².